The van der Waals surface area contributed by atoms with Gasteiger partial charge < -0.3 is 11.1 Å². The predicted molar refractivity (Wildman–Crippen MR) is 60.8 cm³/mol. The van der Waals surface area contributed by atoms with Crippen molar-refractivity contribution in [3.05, 3.63) is 0 Å². The van der Waals surface area contributed by atoms with Crippen molar-refractivity contribution in [1.29, 1.82) is 0 Å². The van der Waals surface area contributed by atoms with E-state index < -0.39 is 18.1 Å². The SMILES string of the molecule is CC(N)C(=O)NC1CCC(C(F)(F)F)CC1.Cl. The highest BCUT2D eigenvalue weighted by molar-refractivity contribution is 5.85. The van der Waals surface area contributed by atoms with Crippen molar-refractivity contribution < 1.29 is 18.0 Å². The van der Waals surface area contributed by atoms with Crippen molar-refractivity contribution in [1.82, 2.24) is 5.32 Å². The quantitative estimate of drug-likeness (QED) is 0.809. The fraction of sp³-hybridized carbons (Fsp3) is 0.900. The summed E-state index contributed by atoms with van der Waals surface area (Å²) in [5.41, 5.74) is 5.36. The Morgan fingerprint density at radius 3 is 2.12 bits per heavy atom. The smallest absolute Gasteiger partial charge is 0.352 e. The molecule has 1 rings (SSSR count). The Morgan fingerprint density at radius 2 is 1.76 bits per heavy atom. The van der Waals surface area contributed by atoms with E-state index in [1.807, 2.05) is 0 Å². The number of halogens is 4. The minimum absolute atomic E-state index is 0. The van der Waals surface area contributed by atoms with Gasteiger partial charge in [0.05, 0.1) is 12.0 Å². The molecular formula is C10H18ClF3N2O. The predicted octanol–water partition coefficient (Wildman–Crippen LogP) is 1.99. The summed E-state index contributed by atoms with van der Waals surface area (Å²) >= 11 is 0. The summed E-state index contributed by atoms with van der Waals surface area (Å²) in [5, 5.41) is 2.66. The average molecular weight is 275 g/mol. The maximum Gasteiger partial charge on any atom is 0.391 e. The van der Waals surface area contributed by atoms with Crippen molar-refractivity contribution in [3.63, 3.8) is 0 Å². The number of alkyl halides is 3. The Labute approximate surface area is 105 Å². The molecule has 3 nitrogen and oxygen atoms in total. The molecule has 1 aliphatic carbocycles. The van der Waals surface area contributed by atoms with Gasteiger partial charge in [0.15, 0.2) is 0 Å². The van der Waals surface area contributed by atoms with Crippen LogP contribution in [0.4, 0.5) is 13.2 Å². The Balaban J connectivity index is 0.00000256. The normalized spacial score (nSPS) is 26.9. The zero-order valence-corrected chi connectivity index (χ0v) is 10.4. The highest BCUT2D eigenvalue weighted by Crippen LogP contribution is 2.37. The van der Waals surface area contributed by atoms with Gasteiger partial charge in [0.2, 0.25) is 5.91 Å². The molecule has 0 bridgehead atoms. The first kappa shape index (κ1) is 16.5. The first-order valence-electron chi connectivity index (χ1n) is 5.43. The Hall–Kier alpha value is -0.490. The number of nitrogens with one attached hydrogen (secondary N) is 1. The standard InChI is InChI=1S/C10H17F3N2O.ClH/c1-6(14)9(16)15-8-4-2-7(3-5-8)10(11,12)13;/h6-8H,2-5,14H2,1H3,(H,15,16);1H. The molecule has 1 saturated carbocycles. The van der Waals surface area contributed by atoms with E-state index >= 15 is 0 Å². The van der Waals surface area contributed by atoms with Crippen molar-refractivity contribution in [3.8, 4) is 0 Å². The van der Waals surface area contributed by atoms with E-state index in [9.17, 15) is 18.0 Å². The third kappa shape index (κ3) is 5.12. The van der Waals surface area contributed by atoms with Gasteiger partial charge >= 0.3 is 6.18 Å². The van der Waals surface area contributed by atoms with Crippen molar-refractivity contribution in [2.75, 3.05) is 0 Å². The number of carbonyl (C=O) groups is 1. The number of nitrogens with two attached hydrogens (primary N) is 1. The molecule has 1 atom stereocenters. The van der Waals surface area contributed by atoms with E-state index in [1.165, 1.54) is 0 Å². The number of rotatable bonds is 2. The molecule has 0 aromatic rings. The van der Waals surface area contributed by atoms with Gasteiger partial charge in [0.1, 0.15) is 0 Å². The van der Waals surface area contributed by atoms with E-state index in [1.54, 1.807) is 6.92 Å². The highest BCUT2D eigenvalue weighted by atomic mass is 35.5. The van der Waals surface area contributed by atoms with Crippen LogP contribution in [0.25, 0.3) is 0 Å². The summed E-state index contributed by atoms with van der Waals surface area (Å²) in [7, 11) is 0. The van der Waals surface area contributed by atoms with Crippen LogP contribution in [0.1, 0.15) is 32.6 Å². The lowest BCUT2D eigenvalue weighted by Crippen LogP contribution is -2.46. The molecule has 1 aliphatic rings. The van der Waals surface area contributed by atoms with E-state index in [2.05, 4.69) is 5.32 Å². The molecular weight excluding hydrogens is 257 g/mol. The van der Waals surface area contributed by atoms with Crippen LogP contribution in [0.15, 0.2) is 0 Å². The molecule has 0 saturated heterocycles. The van der Waals surface area contributed by atoms with Crippen molar-refractivity contribution >= 4 is 18.3 Å². The summed E-state index contributed by atoms with van der Waals surface area (Å²) in [6.07, 6.45) is -3.16. The second kappa shape index (κ2) is 6.44. The molecule has 1 unspecified atom stereocenters. The zero-order valence-electron chi connectivity index (χ0n) is 9.59. The van der Waals surface area contributed by atoms with Gasteiger partial charge in [-0.1, -0.05) is 0 Å². The first-order valence-corrected chi connectivity index (χ1v) is 5.43. The molecule has 1 fully saturated rings. The summed E-state index contributed by atoms with van der Waals surface area (Å²) in [6, 6.07) is -0.766. The van der Waals surface area contributed by atoms with Gasteiger partial charge in [-0.25, -0.2) is 0 Å². The molecule has 0 aromatic heterocycles. The topological polar surface area (TPSA) is 55.1 Å². The number of hydrogen-bond donors (Lipinski definition) is 2. The second-order valence-corrected chi connectivity index (χ2v) is 4.39. The maximum atomic E-state index is 12.4. The average Bonchev–Trinajstić information content (AvgIpc) is 2.17. The third-order valence-electron chi connectivity index (χ3n) is 2.95. The molecule has 0 radical (unpaired) electrons. The van der Waals surface area contributed by atoms with Crippen LogP contribution in [0.3, 0.4) is 0 Å². The molecule has 102 valence electrons. The summed E-state index contributed by atoms with van der Waals surface area (Å²) in [4.78, 5) is 11.2. The third-order valence-corrected chi connectivity index (χ3v) is 2.95. The van der Waals surface area contributed by atoms with Crippen LogP contribution in [-0.4, -0.2) is 24.2 Å². The van der Waals surface area contributed by atoms with E-state index in [0.717, 1.165) is 0 Å². The second-order valence-electron chi connectivity index (χ2n) is 4.39. The zero-order chi connectivity index (χ0) is 12.3. The molecule has 3 N–H and O–H groups in total. The lowest BCUT2D eigenvalue weighted by atomic mass is 9.85. The van der Waals surface area contributed by atoms with Crippen LogP contribution in [0.5, 0.6) is 0 Å². The fourth-order valence-electron chi connectivity index (χ4n) is 1.90. The van der Waals surface area contributed by atoms with Crippen molar-refractivity contribution in [2.24, 2.45) is 11.7 Å². The van der Waals surface area contributed by atoms with Gasteiger partial charge in [-0.2, -0.15) is 13.2 Å². The van der Waals surface area contributed by atoms with Gasteiger partial charge in [-0.05, 0) is 32.6 Å². The molecule has 0 spiro atoms. The van der Waals surface area contributed by atoms with E-state index in [-0.39, 0.29) is 37.2 Å². The minimum Gasteiger partial charge on any atom is -0.352 e. The first-order chi connectivity index (χ1) is 7.30. The Kier molecular flexibility index (Phi) is 6.26. The molecule has 0 heterocycles. The van der Waals surface area contributed by atoms with Gasteiger partial charge in [-0.3, -0.25) is 4.79 Å². The van der Waals surface area contributed by atoms with Crippen LogP contribution >= 0.6 is 12.4 Å². The Morgan fingerprint density at radius 1 is 1.29 bits per heavy atom. The lowest BCUT2D eigenvalue weighted by Gasteiger charge is -2.30. The van der Waals surface area contributed by atoms with Crippen LogP contribution in [-0.2, 0) is 4.79 Å². The fourth-order valence-corrected chi connectivity index (χ4v) is 1.90. The summed E-state index contributed by atoms with van der Waals surface area (Å²) < 4.78 is 37.1. The number of hydrogen-bond acceptors (Lipinski definition) is 2. The lowest BCUT2D eigenvalue weighted by molar-refractivity contribution is -0.182. The molecule has 0 aromatic carbocycles. The van der Waals surface area contributed by atoms with Crippen LogP contribution in [0, 0.1) is 5.92 Å². The minimum atomic E-state index is -4.10. The largest absolute Gasteiger partial charge is 0.391 e. The molecule has 1 amide bonds. The van der Waals surface area contributed by atoms with Crippen molar-refractivity contribution in [2.45, 2.75) is 50.9 Å². The highest BCUT2D eigenvalue weighted by Gasteiger charge is 2.41. The summed E-state index contributed by atoms with van der Waals surface area (Å²) in [5.74, 6) is -1.51. The number of amides is 1. The number of carbonyl (C=O) groups excluding carboxylic acids is 1. The van der Waals surface area contributed by atoms with Crippen LogP contribution < -0.4 is 11.1 Å². The van der Waals surface area contributed by atoms with Crippen LogP contribution in [0.2, 0.25) is 0 Å². The van der Waals surface area contributed by atoms with E-state index in [4.69, 9.17) is 5.73 Å². The van der Waals surface area contributed by atoms with Gasteiger partial charge in [0.25, 0.3) is 0 Å². The molecule has 17 heavy (non-hydrogen) atoms. The maximum absolute atomic E-state index is 12.4. The van der Waals surface area contributed by atoms with Gasteiger partial charge in [-0.15, -0.1) is 12.4 Å². The Bertz CT molecular complexity index is 250. The molecule has 7 heteroatoms. The van der Waals surface area contributed by atoms with Gasteiger partial charge in [0, 0.05) is 6.04 Å². The van der Waals surface area contributed by atoms with E-state index in [0.29, 0.717) is 12.8 Å². The summed E-state index contributed by atoms with van der Waals surface area (Å²) in [6.45, 7) is 1.55. The molecule has 0 aliphatic heterocycles. The monoisotopic (exact) mass is 274 g/mol.